The molecule has 3 aromatic rings. The number of nitrogens with zero attached hydrogens (tertiary/aromatic N) is 2. The van der Waals surface area contributed by atoms with Crippen LogP contribution >= 0.6 is 0 Å². The third-order valence-corrected chi connectivity index (χ3v) is 8.65. The van der Waals surface area contributed by atoms with Gasteiger partial charge in [-0.3, -0.25) is 14.8 Å². The highest BCUT2D eigenvalue weighted by Gasteiger charge is 2.39. The summed E-state index contributed by atoms with van der Waals surface area (Å²) in [5.74, 6) is 1.02. The van der Waals surface area contributed by atoms with Crippen molar-refractivity contribution in [2.75, 3.05) is 20.2 Å². The minimum atomic E-state index is -0.724. The van der Waals surface area contributed by atoms with Gasteiger partial charge in [0.05, 0.1) is 19.2 Å². The summed E-state index contributed by atoms with van der Waals surface area (Å²) in [6.07, 6.45) is 8.31. The third-order valence-electron chi connectivity index (χ3n) is 8.65. The summed E-state index contributed by atoms with van der Waals surface area (Å²) in [4.78, 5) is 14.3. The number of rotatable bonds is 9. The molecule has 2 aromatic carbocycles. The van der Waals surface area contributed by atoms with E-state index in [2.05, 4.69) is 51.5 Å². The molecule has 0 spiro atoms. The summed E-state index contributed by atoms with van der Waals surface area (Å²) in [7, 11) is 1.68. The minimum absolute atomic E-state index is 0.0388. The predicted molar refractivity (Wildman–Crippen MR) is 145 cm³/mol. The molecule has 1 saturated carbocycles. The van der Waals surface area contributed by atoms with Crippen molar-refractivity contribution in [1.82, 2.24) is 15.1 Å². The molecule has 3 aliphatic rings. The second-order valence-corrected chi connectivity index (χ2v) is 11.2. The van der Waals surface area contributed by atoms with Crippen molar-refractivity contribution in [3.63, 3.8) is 0 Å². The Morgan fingerprint density at radius 3 is 2.74 bits per heavy atom. The summed E-state index contributed by atoms with van der Waals surface area (Å²) < 4.78 is 12.2. The summed E-state index contributed by atoms with van der Waals surface area (Å²) >= 11 is 0. The first-order valence-corrected chi connectivity index (χ1v) is 14.0. The second-order valence-electron chi connectivity index (χ2n) is 11.2. The lowest BCUT2D eigenvalue weighted by atomic mass is 9.82. The Morgan fingerprint density at radius 1 is 1.18 bits per heavy atom. The average molecular weight is 516 g/mol. The van der Waals surface area contributed by atoms with Crippen LogP contribution in [0.4, 0.5) is 0 Å². The number of fused-ring (bicyclic) bond motifs is 1. The van der Waals surface area contributed by atoms with Gasteiger partial charge < -0.3 is 14.6 Å². The van der Waals surface area contributed by atoms with Crippen LogP contribution in [0.1, 0.15) is 73.3 Å². The first-order valence-electron chi connectivity index (χ1n) is 14.0. The number of carboxylic acids is 1. The maximum Gasteiger partial charge on any atom is 0.306 e. The van der Waals surface area contributed by atoms with E-state index >= 15 is 0 Å². The largest absolute Gasteiger partial charge is 0.493 e. The van der Waals surface area contributed by atoms with Crippen LogP contribution in [0.3, 0.4) is 0 Å². The number of ether oxygens (including phenoxy) is 2. The van der Waals surface area contributed by atoms with Gasteiger partial charge in [-0.2, -0.15) is 5.10 Å². The van der Waals surface area contributed by atoms with Crippen molar-refractivity contribution in [3.05, 3.63) is 64.8 Å². The van der Waals surface area contributed by atoms with Gasteiger partial charge in [-0.1, -0.05) is 37.3 Å². The first kappa shape index (κ1) is 25.0. The first-order chi connectivity index (χ1) is 18.5. The summed E-state index contributed by atoms with van der Waals surface area (Å²) in [6, 6.07) is 13.0. The van der Waals surface area contributed by atoms with Crippen molar-refractivity contribution in [2.24, 2.45) is 11.8 Å². The van der Waals surface area contributed by atoms with Gasteiger partial charge in [-0.15, -0.1) is 0 Å². The summed E-state index contributed by atoms with van der Waals surface area (Å²) in [6.45, 7) is 4.96. The lowest BCUT2D eigenvalue weighted by Gasteiger charge is -2.29. The molecular formula is C31H37N3O4. The lowest BCUT2D eigenvalue weighted by molar-refractivity contribution is -0.142. The van der Waals surface area contributed by atoms with Crippen LogP contribution in [0.25, 0.3) is 11.3 Å². The second kappa shape index (κ2) is 10.4. The molecule has 1 aliphatic carbocycles. The quantitative estimate of drug-likeness (QED) is 0.366. The monoisotopic (exact) mass is 515 g/mol. The normalized spacial score (nSPS) is 20.9. The van der Waals surface area contributed by atoms with Gasteiger partial charge in [0.2, 0.25) is 0 Å². The predicted octanol–water partition coefficient (Wildman–Crippen LogP) is 5.96. The number of H-pyrrole nitrogens is 1. The highest BCUT2D eigenvalue weighted by molar-refractivity contribution is 5.71. The van der Waals surface area contributed by atoms with E-state index < -0.39 is 11.9 Å². The van der Waals surface area contributed by atoms with Crippen LogP contribution in [0.15, 0.2) is 42.6 Å². The van der Waals surface area contributed by atoms with Crippen LogP contribution in [-0.4, -0.2) is 46.4 Å². The fraction of sp³-hybridized carbons (Fsp3) is 0.484. The van der Waals surface area contributed by atoms with Gasteiger partial charge >= 0.3 is 5.97 Å². The molecule has 2 aliphatic heterocycles. The number of hydrogen-bond donors (Lipinski definition) is 2. The number of aromatic amines is 1. The molecule has 7 nitrogen and oxygen atoms in total. The van der Waals surface area contributed by atoms with E-state index in [1.165, 1.54) is 29.5 Å². The van der Waals surface area contributed by atoms with Crippen LogP contribution in [0, 0.1) is 11.8 Å². The van der Waals surface area contributed by atoms with Crippen molar-refractivity contribution in [3.8, 4) is 22.8 Å². The highest BCUT2D eigenvalue weighted by atomic mass is 16.5. The highest BCUT2D eigenvalue weighted by Crippen LogP contribution is 2.48. The molecule has 6 rings (SSSR count). The molecule has 2 N–H and O–H groups in total. The number of aliphatic carboxylic acids is 1. The number of hydrogen-bond acceptors (Lipinski definition) is 5. The number of likely N-dealkylation sites (tertiary alicyclic amines) is 1. The van der Waals surface area contributed by atoms with Gasteiger partial charge in [0, 0.05) is 12.1 Å². The number of nitrogens with one attached hydrogen (secondary N) is 1. The zero-order valence-electron chi connectivity index (χ0n) is 22.3. The SMILES string of the molecule is COc1c[nH]nc1-c1ccc([C@@H]2CCc3ccc([C@H](C4CC4)[C@H](C)C(=O)O)cc3O2)cc1CN1CCCC1. The molecule has 0 unspecified atom stereocenters. The molecule has 2 fully saturated rings. The third kappa shape index (κ3) is 4.92. The average Bonchev–Trinajstić information content (AvgIpc) is 3.41. The smallest absolute Gasteiger partial charge is 0.306 e. The molecule has 7 heteroatoms. The van der Waals surface area contributed by atoms with Crippen molar-refractivity contribution >= 4 is 5.97 Å². The molecule has 0 radical (unpaired) electrons. The maximum absolute atomic E-state index is 11.8. The number of aromatic nitrogens is 2. The molecule has 200 valence electrons. The van der Waals surface area contributed by atoms with Crippen LogP contribution in [0.2, 0.25) is 0 Å². The number of methoxy groups -OCH3 is 1. The fourth-order valence-electron chi connectivity index (χ4n) is 6.39. The van der Waals surface area contributed by atoms with E-state index in [1.807, 2.05) is 6.92 Å². The van der Waals surface area contributed by atoms with E-state index in [9.17, 15) is 9.90 Å². The molecule has 3 atom stereocenters. The van der Waals surface area contributed by atoms with Crippen molar-refractivity contribution in [1.29, 1.82) is 0 Å². The van der Waals surface area contributed by atoms with E-state index in [1.54, 1.807) is 13.3 Å². The van der Waals surface area contributed by atoms with Crippen molar-refractivity contribution in [2.45, 2.75) is 64.0 Å². The Bertz CT molecular complexity index is 1310. The Morgan fingerprint density at radius 2 is 2.00 bits per heavy atom. The number of aryl methyl sites for hydroxylation is 1. The molecule has 3 heterocycles. The molecule has 0 bridgehead atoms. The molecule has 1 saturated heterocycles. The molecule has 0 amide bonds. The van der Waals surface area contributed by atoms with Gasteiger partial charge in [-0.25, -0.2) is 0 Å². The molecular weight excluding hydrogens is 478 g/mol. The van der Waals surface area contributed by atoms with E-state index in [-0.39, 0.29) is 12.0 Å². The van der Waals surface area contributed by atoms with E-state index in [0.717, 1.165) is 73.6 Å². The Kier molecular flexibility index (Phi) is 6.87. The standard InChI is InChI=1S/C31H37N3O4/c1-19(31(35)36)29(21-6-7-21)23-8-5-20-10-12-26(38-27(20)16-23)22-9-11-25(30-28(37-2)17-32-33-30)24(15-22)18-34-13-3-4-14-34/h5,8-9,11,15-17,19,21,26,29H,3-4,6-7,10,12-14,18H2,1-2H3,(H,32,33)(H,35,36)/t19-,26-,29-/m0/s1. The zero-order valence-corrected chi connectivity index (χ0v) is 22.3. The van der Waals surface area contributed by atoms with Crippen LogP contribution < -0.4 is 9.47 Å². The molecule has 1 aromatic heterocycles. The minimum Gasteiger partial charge on any atom is -0.493 e. The van der Waals surface area contributed by atoms with E-state index in [0.29, 0.717) is 5.92 Å². The van der Waals surface area contributed by atoms with Gasteiger partial charge in [0.25, 0.3) is 0 Å². The summed E-state index contributed by atoms with van der Waals surface area (Å²) in [5, 5.41) is 17.2. The number of carbonyl (C=O) groups is 1. The Balaban J connectivity index is 1.30. The van der Waals surface area contributed by atoms with Gasteiger partial charge in [0.1, 0.15) is 17.5 Å². The number of benzene rings is 2. The van der Waals surface area contributed by atoms with Gasteiger partial charge in [0.15, 0.2) is 5.75 Å². The van der Waals surface area contributed by atoms with Crippen LogP contribution in [0.5, 0.6) is 11.5 Å². The number of carboxylic acid groups (broad SMARTS) is 1. The molecule has 38 heavy (non-hydrogen) atoms. The maximum atomic E-state index is 11.8. The lowest BCUT2D eigenvalue weighted by Crippen LogP contribution is -2.22. The van der Waals surface area contributed by atoms with E-state index in [4.69, 9.17) is 9.47 Å². The summed E-state index contributed by atoms with van der Waals surface area (Å²) in [5.41, 5.74) is 6.64. The Hall–Kier alpha value is -3.32. The topological polar surface area (TPSA) is 87.7 Å². The Labute approximate surface area is 224 Å². The zero-order chi connectivity index (χ0) is 26.2. The van der Waals surface area contributed by atoms with Crippen LogP contribution in [-0.2, 0) is 17.8 Å². The van der Waals surface area contributed by atoms with Crippen molar-refractivity contribution < 1.29 is 19.4 Å². The fourth-order valence-corrected chi connectivity index (χ4v) is 6.39. The van der Waals surface area contributed by atoms with Gasteiger partial charge in [-0.05, 0) is 91.8 Å².